The van der Waals surface area contributed by atoms with Crippen molar-refractivity contribution in [1.29, 1.82) is 0 Å². The largest absolute Gasteiger partial charge is 0.385 e. The van der Waals surface area contributed by atoms with Gasteiger partial charge in [-0.25, -0.2) is 0 Å². The number of aryl methyl sites for hydroxylation is 1. The molecule has 0 aliphatic carbocycles. The number of aromatic nitrogens is 2. The van der Waals surface area contributed by atoms with E-state index in [4.69, 9.17) is 15.0 Å². The summed E-state index contributed by atoms with van der Waals surface area (Å²) in [7, 11) is 1.67. The molecule has 1 heterocycles. The molecule has 1 aromatic carbocycles. The molecular formula is C14H19N3O2. The average molecular weight is 261 g/mol. The molecule has 2 rings (SSSR count). The minimum absolute atomic E-state index is 0.436. The van der Waals surface area contributed by atoms with Crippen LogP contribution in [0.1, 0.15) is 30.6 Å². The minimum atomic E-state index is -0.770. The molecule has 2 aromatic rings. The molecule has 1 unspecified atom stereocenters. The summed E-state index contributed by atoms with van der Waals surface area (Å²) in [4.78, 5) is 4.37. The first-order chi connectivity index (χ1) is 9.14. The third-order valence-corrected chi connectivity index (χ3v) is 3.03. The van der Waals surface area contributed by atoms with E-state index < -0.39 is 5.54 Å². The number of rotatable bonds is 6. The normalized spacial score (nSPS) is 14.3. The molecule has 2 N–H and O–H groups in total. The van der Waals surface area contributed by atoms with Crippen LogP contribution in [0.25, 0.3) is 0 Å². The summed E-state index contributed by atoms with van der Waals surface area (Å²) in [6.45, 7) is 2.55. The van der Waals surface area contributed by atoms with E-state index in [1.165, 1.54) is 0 Å². The van der Waals surface area contributed by atoms with E-state index in [1.807, 2.05) is 37.3 Å². The molecule has 19 heavy (non-hydrogen) atoms. The maximum Gasteiger partial charge on any atom is 0.251 e. The van der Waals surface area contributed by atoms with Gasteiger partial charge < -0.3 is 15.0 Å². The molecule has 0 amide bonds. The zero-order chi connectivity index (χ0) is 13.7. The molecule has 0 saturated heterocycles. The molecule has 5 heteroatoms. The number of hydrogen-bond donors (Lipinski definition) is 1. The highest BCUT2D eigenvalue weighted by Crippen LogP contribution is 2.24. The maximum atomic E-state index is 6.31. The summed E-state index contributed by atoms with van der Waals surface area (Å²) in [5.74, 6) is 1.10. The van der Waals surface area contributed by atoms with Gasteiger partial charge in [0, 0.05) is 20.1 Å². The average Bonchev–Trinajstić information content (AvgIpc) is 2.90. The number of ether oxygens (including phenoxy) is 1. The van der Waals surface area contributed by atoms with Gasteiger partial charge in [0.2, 0.25) is 0 Å². The zero-order valence-corrected chi connectivity index (χ0v) is 11.3. The number of methoxy groups -OCH3 is 1. The SMILES string of the molecule is COCCCc1noc(C(C)(N)c2ccccc2)n1. The van der Waals surface area contributed by atoms with Crippen LogP contribution in [0.2, 0.25) is 0 Å². The van der Waals surface area contributed by atoms with Crippen LogP contribution in [0.15, 0.2) is 34.9 Å². The highest BCUT2D eigenvalue weighted by atomic mass is 16.5. The van der Waals surface area contributed by atoms with Crippen LogP contribution < -0.4 is 5.73 Å². The van der Waals surface area contributed by atoms with Crippen molar-refractivity contribution in [3.63, 3.8) is 0 Å². The third-order valence-electron chi connectivity index (χ3n) is 3.03. The van der Waals surface area contributed by atoms with Crippen LogP contribution in [-0.4, -0.2) is 23.9 Å². The van der Waals surface area contributed by atoms with Gasteiger partial charge in [-0.3, -0.25) is 0 Å². The molecule has 1 aromatic heterocycles. The number of hydrogen-bond acceptors (Lipinski definition) is 5. The van der Waals surface area contributed by atoms with E-state index >= 15 is 0 Å². The van der Waals surface area contributed by atoms with Crippen LogP contribution in [0.5, 0.6) is 0 Å². The summed E-state index contributed by atoms with van der Waals surface area (Å²) in [6.07, 6.45) is 1.59. The van der Waals surface area contributed by atoms with Crippen molar-refractivity contribution in [3.05, 3.63) is 47.6 Å². The molecule has 0 fully saturated rings. The first-order valence-electron chi connectivity index (χ1n) is 6.31. The number of benzene rings is 1. The summed E-state index contributed by atoms with van der Waals surface area (Å²) >= 11 is 0. The van der Waals surface area contributed by atoms with Gasteiger partial charge in [-0.05, 0) is 18.9 Å². The highest BCUT2D eigenvalue weighted by Gasteiger charge is 2.30. The standard InChI is InChI=1S/C14H19N3O2/c1-14(15,11-7-4-3-5-8-11)13-16-12(17-19-13)9-6-10-18-2/h3-5,7-8H,6,9-10,15H2,1-2H3. The van der Waals surface area contributed by atoms with Crippen molar-refractivity contribution in [3.8, 4) is 0 Å². The Morgan fingerprint density at radius 1 is 1.32 bits per heavy atom. The molecule has 0 radical (unpaired) electrons. The molecule has 102 valence electrons. The Labute approximate surface area is 112 Å². The van der Waals surface area contributed by atoms with E-state index in [0.717, 1.165) is 18.4 Å². The Morgan fingerprint density at radius 2 is 2.05 bits per heavy atom. The lowest BCUT2D eigenvalue weighted by molar-refractivity contribution is 0.194. The fraction of sp³-hybridized carbons (Fsp3) is 0.429. The Kier molecular flexibility index (Phi) is 4.29. The van der Waals surface area contributed by atoms with Gasteiger partial charge in [-0.1, -0.05) is 35.5 Å². The second-order valence-electron chi connectivity index (χ2n) is 4.68. The first kappa shape index (κ1) is 13.7. The summed E-state index contributed by atoms with van der Waals surface area (Å²) in [5, 5.41) is 3.96. The van der Waals surface area contributed by atoms with Gasteiger partial charge in [0.15, 0.2) is 5.82 Å². The fourth-order valence-corrected chi connectivity index (χ4v) is 1.85. The molecule has 0 saturated carbocycles. The van der Waals surface area contributed by atoms with Gasteiger partial charge in [0.1, 0.15) is 5.54 Å². The molecular weight excluding hydrogens is 242 g/mol. The predicted octanol–water partition coefficient (Wildman–Crippen LogP) is 1.87. The van der Waals surface area contributed by atoms with Crippen LogP contribution in [0, 0.1) is 0 Å². The smallest absolute Gasteiger partial charge is 0.251 e. The van der Waals surface area contributed by atoms with Crippen LogP contribution >= 0.6 is 0 Å². The first-order valence-corrected chi connectivity index (χ1v) is 6.31. The minimum Gasteiger partial charge on any atom is -0.385 e. The van der Waals surface area contributed by atoms with E-state index in [1.54, 1.807) is 7.11 Å². The van der Waals surface area contributed by atoms with E-state index in [-0.39, 0.29) is 0 Å². The highest BCUT2D eigenvalue weighted by molar-refractivity contribution is 5.28. The van der Waals surface area contributed by atoms with Crippen molar-refractivity contribution in [2.75, 3.05) is 13.7 Å². The molecule has 0 bridgehead atoms. The number of nitrogens with two attached hydrogens (primary N) is 1. The Morgan fingerprint density at radius 3 is 2.74 bits per heavy atom. The van der Waals surface area contributed by atoms with Gasteiger partial charge >= 0.3 is 0 Å². The van der Waals surface area contributed by atoms with Crippen molar-refractivity contribution in [1.82, 2.24) is 10.1 Å². The summed E-state index contributed by atoms with van der Waals surface area (Å²) < 4.78 is 10.3. The van der Waals surface area contributed by atoms with E-state index in [0.29, 0.717) is 18.3 Å². The molecule has 0 spiro atoms. The second kappa shape index (κ2) is 5.95. The summed E-state index contributed by atoms with van der Waals surface area (Å²) in [5.41, 5.74) is 6.48. The monoisotopic (exact) mass is 261 g/mol. The van der Waals surface area contributed by atoms with Crippen molar-refractivity contribution < 1.29 is 9.26 Å². The van der Waals surface area contributed by atoms with Crippen molar-refractivity contribution >= 4 is 0 Å². The molecule has 5 nitrogen and oxygen atoms in total. The van der Waals surface area contributed by atoms with Gasteiger partial charge in [-0.2, -0.15) is 4.98 Å². The zero-order valence-electron chi connectivity index (χ0n) is 11.3. The quantitative estimate of drug-likeness (QED) is 0.803. The van der Waals surface area contributed by atoms with Crippen molar-refractivity contribution in [2.45, 2.75) is 25.3 Å². The lowest BCUT2D eigenvalue weighted by atomic mass is 9.93. The fourth-order valence-electron chi connectivity index (χ4n) is 1.85. The van der Waals surface area contributed by atoms with Crippen molar-refractivity contribution in [2.24, 2.45) is 5.73 Å². The Bertz CT molecular complexity index is 508. The van der Waals surface area contributed by atoms with E-state index in [9.17, 15) is 0 Å². The lowest BCUT2D eigenvalue weighted by Gasteiger charge is -2.20. The molecule has 1 atom stereocenters. The summed E-state index contributed by atoms with van der Waals surface area (Å²) in [6, 6.07) is 9.74. The van der Waals surface area contributed by atoms with Gasteiger partial charge in [0.25, 0.3) is 5.89 Å². The van der Waals surface area contributed by atoms with Gasteiger partial charge in [-0.15, -0.1) is 0 Å². The molecule has 0 aliphatic rings. The number of nitrogens with zero attached hydrogens (tertiary/aromatic N) is 2. The topological polar surface area (TPSA) is 74.2 Å². The van der Waals surface area contributed by atoms with Crippen LogP contribution in [-0.2, 0) is 16.7 Å². The van der Waals surface area contributed by atoms with E-state index in [2.05, 4.69) is 10.1 Å². The molecule has 0 aliphatic heterocycles. The Hall–Kier alpha value is -1.72. The van der Waals surface area contributed by atoms with Crippen LogP contribution in [0.3, 0.4) is 0 Å². The predicted molar refractivity (Wildman–Crippen MR) is 71.6 cm³/mol. The maximum absolute atomic E-state index is 6.31. The second-order valence-corrected chi connectivity index (χ2v) is 4.68. The van der Waals surface area contributed by atoms with Gasteiger partial charge in [0.05, 0.1) is 0 Å². The Balaban J connectivity index is 2.13. The lowest BCUT2D eigenvalue weighted by Crippen LogP contribution is -2.34. The third kappa shape index (κ3) is 3.19. The van der Waals surface area contributed by atoms with Crippen LogP contribution in [0.4, 0.5) is 0 Å².